The van der Waals surface area contributed by atoms with Gasteiger partial charge in [0.05, 0.1) is 5.45 Å². The summed E-state index contributed by atoms with van der Waals surface area (Å²) >= 11 is 3.30. The third-order valence-corrected chi connectivity index (χ3v) is 1.38. The first-order chi connectivity index (χ1) is 3.43. The molecule has 0 aliphatic rings. The molecule has 1 aromatic heterocycles. The van der Waals surface area contributed by atoms with Gasteiger partial charge in [0.25, 0.3) is 0 Å². The second-order valence-corrected chi connectivity index (χ2v) is 1.82. The van der Waals surface area contributed by atoms with Gasteiger partial charge in [-0.1, -0.05) is 15.9 Å². The van der Waals surface area contributed by atoms with Gasteiger partial charge >= 0.3 is 0 Å². The highest BCUT2D eigenvalue weighted by Crippen LogP contribution is 1.92. The molecule has 1 aromatic rings. The Hall–Kier alpha value is -0.240. The molecule has 0 saturated carbocycles. The Morgan fingerprint density at radius 3 is 2.14 bits per heavy atom. The van der Waals surface area contributed by atoms with Crippen molar-refractivity contribution in [3.05, 3.63) is 24.5 Å². The third-order valence-electron chi connectivity index (χ3n) is 0.804. The average molecular weight is 160 g/mol. The van der Waals surface area contributed by atoms with Gasteiger partial charge in [0.2, 0.25) is 0 Å². The Bertz CT molecular complexity index is 123. The van der Waals surface area contributed by atoms with Crippen molar-refractivity contribution in [3.63, 3.8) is 0 Å². The Labute approximate surface area is 51.1 Å². The summed E-state index contributed by atoms with van der Waals surface area (Å²) in [7, 11) is 0. The quantitative estimate of drug-likeness (QED) is 0.552. The summed E-state index contributed by atoms with van der Waals surface area (Å²) in [6, 6.07) is 4.00. The fourth-order valence-electron chi connectivity index (χ4n) is 0.450. The molecule has 1 heterocycles. The second kappa shape index (κ2) is 2.17. The van der Waals surface area contributed by atoms with E-state index >= 15 is 0 Å². The lowest BCUT2D eigenvalue weighted by molar-refractivity contribution is 0.915. The summed E-state index contributed by atoms with van der Waals surface area (Å²) in [5, 5.41) is 0. The Morgan fingerprint density at radius 2 is 1.86 bits per heavy atom. The zero-order valence-corrected chi connectivity index (χ0v) is 5.43. The molecule has 0 amide bonds. The molecular weight excluding hydrogens is 154 g/mol. The van der Waals surface area contributed by atoms with Crippen molar-refractivity contribution in [1.29, 1.82) is 0 Å². The molecule has 0 saturated heterocycles. The van der Waals surface area contributed by atoms with Gasteiger partial charge in [-0.2, -0.15) is 0 Å². The van der Waals surface area contributed by atoms with Gasteiger partial charge in [0.15, 0.2) is 0 Å². The van der Waals surface area contributed by atoms with Crippen LogP contribution in [0.4, 0.5) is 0 Å². The lowest BCUT2D eigenvalue weighted by Crippen LogP contribution is -1.81. The fourth-order valence-corrected chi connectivity index (χ4v) is 0.784. The maximum Gasteiger partial charge on any atom is 0.0773 e. The van der Waals surface area contributed by atoms with Crippen LogP contribution in [0.3, 0.4) is 0 Å². The van der Waals surface area contributed by atoms with Gasteiger partial charge in [0.1, 0.15) is 0 Å². The second-order valence-electron chi connectivity index (χ2n) is 1.32. The van der Waals surface area contributed by atoms with Gasteiger partial charge in [0, 0.05) is 12.4 Å². The van der Waals surface area contributed by atoms with Crippen molar-refractivity contribution >= 4 is 15.9 Å². The summed E-state index contributed by atoms with van der Waals surface area (Å²) < 4.78 is 2.04. The molecule has 0 unspecified atom stereocenters. The van der Waals surface area contributed by atoms with E-state index in [9.17, 15) is 0 Å². The van der Waals surface area contributed by atoms with Gasteiger partial charge in [-0.15, -0.1) is 0 Å². The average Bonchev–Trinajstić information content (AvgIpc) is 2.14. The molecule has 0 aromatic carbocycles. The van der Waals surface area contributed by atoms with Gasteiger partial charge in [-0.25, -0.2) is 0 Å². The molecule has 0 N–H and O–H groups in total. The van der Waals surface area contributed by atoms with Crippen LogP contribution in [-0.4, -0.2) is 4.57 Å². The molecule has 0 atom stereocenters. The minimum atomic E-state index is 0.889. The molecule has 0 aliphatic heterocycles. The lowest BCUT2D eigenvalue weighted by Gasteiger charge is -1.88. The number of aromatic nitrogens is 1. The van der Waals surface area contributed by atoms with E-state index in [4.69, 9.17) is 0 Å². The van der Waals surface area contributed by atoms with E-state index in [0.29, 0.717) is 0 Å². The van der Waals surface area contributed by atoms with Crippen LogP contribution in [-0.2, 0) is 5.45 Å². The monoisotopic (exact) mass is 159 g/mol. The van der Waals surface area contributed by atoms with Crippen LogP contribution < -0.4 is 0 Å². The van der Waals surface area contributed by atoms with E-state index in [1.165, 1.54) is 0 Å². The van der Waals surface area contributed by atoms with Crippen molar-refractivity contribution < 1.29 is 0 Å². The zero-order chi connectivity index (χ0) is 5.11. The molecule has 0 aliphatic carbocycles. The summed E-state index contributed by atoms with van der Waals surface area (Å²) in [6.45, 7) is 0. The van der Waals surface area contributed by atoms with E-state index in [0.717, 1.165) is 5.45 Å². The maximum absolute atomic E-state index is 3.30. The third kappa shape index (κ3) is 1.06. The summed E-state index contributed by atoms with van der Waals surface area (Å²) in [5.41, 5.74) is 0.889. The highest BCUT2D eigenvalue weighted by Gasteiger charge is 1.77. The summed E-state index contributed by atoms with van der Waals surface area (Å²) in [5.74, 6) is 0. The first-order valence-electron chi connectivity index (χ1n) is 2.10. The number of hydrogen-bond acceptors (Lipinski definition) is 0. The summed E-state index contributed by atoms with van der Waals surface area (Å²) in [6.07, 6.45) is 4.02. The molecule has 0 radical (unpaired) electrons. The van der Waals surface area contributed by atoms with Crippen LogP contribution in [0.2, 0.25) is 0 Å². The first-order valence-corrected chi connectivity index (χ1v) is 3.22. The van der Waals surface area contributed by atoms with Gasteiger partial charge in [-0.05, 0) is 12.1 Å². The minimum Gasteiger partial charge on any atom is -0.344 e. The lowest BCUT2D eigenvalue weighted by atomic mass is 10.7. The van der Waals surface area contributed by atoms with Crippen LogP contribution in [0.5, 0.6) is 0 Å². The number of nitrogens with zero attached hydrogens (tertiary/aromatic N) is 1. The molecule has 2 heteroatoms. The Kier molecular flexibility index (Phi) is 1.52. The van der Waals surface area contributed by atoms with Crippen molar-refractivity contribution in [1.82, 2.24) is 4.57 Å². The maximum atomic E-state index is 3.30. The van der Waals surface area contributed by atoms with Crippen molar-refractivity contribution in [2.75, 3.05) is 0 Å². The van der Waals surface area contributed by atoms with E-state index in [-0.39, 0.29) is 0 Å². The molecule has 0 fully saturated rings. The normalized spacial score (nSPS) is 9.29. The van der Waals surface area contributed by atoms with Gasteiger partial charge < -0.3 is 4.57 Å². The molecule has 0 bridgehead atoms. The van der Waals surface area contributed by atoms with Crippen molar-refractivity contribution in [3.8, 4) is 0 Å². The highest BCUT2D eigenvalue weighted by molar-refractivity contribution is 9.08. The number of hydrogen-bond donors (Lipinski definition) is 0. The van der Waals surface area contributed by atoms with Crippen molar-refractivity contribution in [2.45, 2.75) is 5.45 Å². The fraction of sp³-hybridized carbons (Fsp3) is 0.200. The number of rotatable bonds is 1. The topological polar surface area (TPSA) is 4.93 Å². The predicted molar refractivity (Wildman–Crippen MR) is 33.4 cm³/mol. The smallest absolute Gasteiger partial charge is 0.0773 e. The Morgan fingerprint density at radius 1 is 1.29 bits per heavy atom. The molecular formula is C5H6BrN. The van der Waals surface area contributed by atoms with E-state index < -0.39 is 0 Å². The number of halogens is 1. The zero-order valence-electron chi connectivity index (χ0n) is 3.84. The van der Waals surface area contributed by atoms with Crippen LogP contribution in [0.1, 0.15) is 0 Å². The first kappa shape index (κ1) is 4.91. The van der Waals surface area contributed by atoms with Crippen LogP contribution in [0.15, 0.2) is 24.5 Å². The molecule has 0 spiro atoms. The largest absolute Gasteiger partial charge is 0.344 e. The highest BCUT2D eigenvalue weighted by atomic mass is 79.9. The van der Waals surface area contributed by atoms with Crippen LogP contribution in [0, 0.1) is 0 Å². The molecule has 1 rings (SSSR count). The molecule has 38 valence electrons. The van der Waals surface area contributed by atoms with Gasteiger partial charge in [-0.3, -0.25) is 0 Å². The van der Waals surface area contributed by atoms with E-state index in [1.807, 2.05) is 29.1 Å². The molecule has 1 nitrogen and oxygen atoms in total. The Balaban J connectivity index is 2.76. The number of alkyl halides is 1. The standard InChI is InChI=1S/C5H6BrN/c6-5-7-3-1-2-4-7/h1-4H,5H2. The summed E-state index contributed by atoms with van der Waals surface area (Å²) in [4.78, 5) is 0. The van der Waals surface area contributed by atoms with E-state index in [2.05, 4.69) is 15.9 Å². The van der Waals surface area contributed by atoms with Crippen molar-refractivity contribution in [2.24, 2.45) is 0 Å². The van der Waals surface area contributed by atoms with Crippen LogP contribution in [0.25, 0.3) is 0 Å². The SMILES string of the molecule is BrCn1cccc1. The van der Waals surface area contributed by atoms with E-state index in [1.54, 1.807) is 0 Å². The van der Waals surface area contributed by atoms with Crippen LogP contribution >= 0.6 is 15.9 Å². The predicted octanol–water partition coefficient (Wildman–Crippen LogP) is 1.84. The minimum absolute atomic E-state index is 0.889. The molecule has 7 heavy (non-hydrogen) atoms.